The van der Waals surface area contributed by atoms with Gasteiger partial charge in [-0.1, -0.05) is 19.1 Å². The van der Waals surface area contributed by atoms with Gasteiger partial charge < -0.3 is 5.73 Å². The van der Waals surface area contributed by atoms with Crippen LogP contribution in [0.4, 0.5) is 5.69 Å². The van der Waals surface area contributed by atoms with Crippen LogP contribution in [0.5, 0.6) is 0 Å². The van der Waals surface area contributed by atoms with Crippen molar-refractivity contribution in [3.05, 3.63) is 42.5 Å². The van der Waals surface area contributed by atoms with E-state index in [9.17, 15) is 0 Å². The zero-order chi connectivity index (χ0) is 10.7. The number of nitrogens with zero attached hydrogens (tertiary/aromatic N) is 2. The molecule has 2 rings (SSSR count). The predicted octanol–water partition coefficient (Wildman–Crippen LogP) is 2.29. The van der Waals surface area contributed by atoms with Gasteiger partial charge in [0.1, 0.15) is 5.82 Å². The molecule has 3 heteroatoms. The Morgan fingerprint density at radius 1 is 1.00 bits per heavy atom. The lowest BCUT2D eigenvalue weighted by atomic mass is 10.1. The zero-order valence-corrected chi connectivity index (χ0v) is 8.64. The van der Waals surface area contributed by atoms with Gasteiger partial charge in [0.05, 0.1) is 0 Å². The minimum Gasteiger partial charge on any atom is -0.399 e. The third-order valence-electron chi connectivity index (χ3n) is 2.27. The molecule has 0 aliphatic carbocycles. The number of nitrogen functional groups attached to an aromatic ring is 1. The molecule has 0 saturated heterocycles. The number of nitrogens with two attached hydrogens (primary N) is 1. The molecule has 1 aromatic heterocycles. The Labute approximate surface area is 89.0 Å². The second-order valence-corrected chi connectivity index (χ2v) is 3.36. The largest absolute Gasteiger partial charge is 0.399 e. The van der Waals surface area contributed by atoms with Crippen LogP contribution in [0.3, 0.4) is 0 Å². The number of benzene rings is 1. The Morgan fingerprint density at radius 3 is 2.13 bits per heavy atom. The fourth-order valence-electron chi connectivity index (χ4n) is 1.36. The molecule has 0 saturated carbocycles. The molecule has 0 aliphatic heterocycles. The number of hydrogen-bond acceptors (Lipinski definition) is 3. The highest BCUT2D eigenvalue weighted by atomic mass is 14.9. The smallest absolute Gasteiger partial charge is 0.127 e. The van der Waals surface area contributed by atoms with Crippen molar-refractivity contribution in [2.75, 3.05) is 5.73 Å². The van der Waals surface area contributed by atoms with Crippen molar-refractivity contribution in [2.24, 2.45) is 0 Å². The first-order valence-electron chi connectivity index (χ1n) is 4.96. The van der Waals surface area contributed by atoms with Gasteiger partial charge in [-0.05, 0) is 17.7 Å². The van der Waals surface area contributed by atoms with Gasteiger partial charge in [-0.2, -0.15) is 0 Å². The molecule has 0 fully saturated rings. The summed E-state index contributed by atoms with van der Waals surface area (Å²) in [5.74, 6) is 0.870. The Hall–Kier alpha value is -1.90. The number of rotatable bonds is 2. The Kier molecular flexibility index (Phi) is 2.63. The van der Waals surface area contributed by atoms with E-state index in [1.54, 1.807) is 0 Å². The summed E-state index contributed by atoms with van der Waals surface area (Å²) in [5, 5.41) is 0. The van der Waals surface area contributed by atoms with Gasteiger partial charge in [0.25, 0.3) is 0 Å². The van der Waals surface area contributed by atoms with Gasteiger partial charge in [-0.25, -0.2) is 9.97 Å². The quantitative estimate of drug-likeness (QED) is 0.755. The minimum absolute atomic E-state index is 0.768. The summed E-state index contributed by atoms with van der Waals surface area (Å²) in [7, 11) is 0. The lowest BCUT2D eigenvalue weighted by molar-refractivity contribution is 0.941. The zero-order valence-electron chi connectivity index (χ0n) is 8.64. The normalized spacial score (nSPS) is 10.2. The minimum atomic E-state index is 0.768. The molecule has 15 heavy (non-hydrogen) atoms. The van der Waals surface area contributed by atoms with E-state index in [4.69, 9.17) is 5.73 Å². The molecule has 0 amide bonds. The molecule has 0 aliphatic rings. The maximum atomic E-state index is 5.62. The number of hydrogen-bond donors (Lipinski definition) is 1. The summed E-state index contributed by atoms with van der Waals surface area (Å²) in [6, 6.07) is 7.70. The van der Waals surface area contributed by atoms with Crippen LogP contribution < -0.4 is 5.73 Å². The number of anilines is 1. The lowest BCUT2D eigenvalue weighted by Crippen LogP contribution is -1.92. The molecule has 2 aromatic rings. The summed E-state index contributed by atoms with van der Waals surface area (Å²) in [4.78, 5) is 8.51. The topological polar surface area (TPSA) is 51.8 Å². The summed E-state index contributed by atoms with van der Waals surface area (Å²) in [5.41, 5.74) is 8.50. The van der Waals surface area contributed by atoms with Crippen molar-refractivity contribution in [2.45, 2.75) is 13.3 Å². The van der Waals surface area contributed by atoms with Crippen LogP contribution in [0.2, 0.25) is 0 Å². The molecular weight excluding hydrogens is 186 g/mol. The monoisotopic (exact) mass is 199 g/mol. The van der Waals surface area contributed by atoms with Crippen LogP contribution in [-0.4, -0.2) is 9.97 Å². The molecule has 2 N–H and O–H groups in total. The van der Waals surface area contributed by atoms with Crippen LogP contribution in [0.1, 0.15) is 12.7 Å². The third-order valence-corrected chi connectivity index (χ3v) is 2.27. The highest BCUT2D eigenvalue weighted by molar-refractivity contribution is 5.63. The van der Waals surface area contributed by atoms with E-state index in [-0.39, 0.29) is 0 Å². The molecule has 0 bridgehead atoms. The van der Waals surface area contributed by atoms with E-state index in [0.29, 0.717) is 0 Å². The average molecular weight is 199 g/mol. The van der Waals surface area contributed by atoms with Crippen molar-refractivity contribution in [1.29, 1.82) is 0 Å². The van der Waals surface area contributed by atoms with E-state index < -0.39 is 0 Å². The van der Waals surface area contributed by atoms with Gasteiger partial charge in [0.15, 0.2) is 0 Å². The third kappa shape index (κ3) is 2.13. The Morgan fingerprint density at radius 2 is 1.60 bits per heavy atom. The highest BCUT2D eigenvalue weighted by Gasteiger charge is 1.98. The lowest BCUT2D eigenvalue weighted by Gasteiger charge is -2.02. The van der Waals surface area contributed by atoms with Gasteiger partial charge in [0, 0.05) is 30.1 Å². The maximum Gasteiger partial charge on any atom is 0.127 e. The van der Waals surface area contributed by atoms with E-state index in [1.807, 2.05) is 43.6 Å². The van der Waals surface area contributed by atoms with Crippen LogP contribution in [-0.2, 0) is 6.42 Å². The summed E-state index contributed by atoms with van der Waals surface area (Å²) >= 11 is 0. The second kappa shape index (κ2) is 4.09. The first-order valence-corrected chi connectivity index (χ1v) is 4.96. The van der Waals surface area contributed by atoms with Gasteiger partial charge >= 0.3 is 0 Å². The molecule has 1 aromatic carbocycles. The Bertz CT molecular complexity index is 431. The maximum absolute atomic E-state index is 5.62. The van der Waals surface area contributed by atoms with Crippen molar-refractivity contribution in [3.63, 3.8) is 0 Å². The standard InChI is InChI=1S/C12H13N3/c1-2-12-14-7-10(8-15-12)9-3-5-11(13)6-4-9/h3-8H,2,13H2,1H3. The molecular formula is C12H13N3. The molecule has 0 unspecified atom stereocenters. The number of aryl methyl sites for hydroxylation is 1. The van der Waals surface area contributed by atoms with Gasteiger partial charge in [0.2, 0.25) is 0 Å². The van der Waals surface area contributed by atoms with Crippen LogP contribution >= 0.6 is 0 Å². The SMILES string of the molecule is CCc1ncc(-c2ccc(N)cc2)cn1. The first-order chi connectivity index (χ1) is 7.29. The van der Waals surface area contributed by atoms with Crippen molar-refractivity contribution in [3.8, 4) is 11.1 Å². The number of aromatic nitrogens is 2. The second-order valence-electron chi connectivity index (χ2n) is 3.36. The van der Waals surface area contributed by atoms with E-state index in [0.717, 1.165) is 29.1 Å². The van der Waals surface area contributed by atoms with Crippen molar-refractivity contribution >= 4 is 5.69 Å². The van der Waals surface area contributed by atoms with Crippen molar-refractivity contribution in [1.82, 2.24) is 9.97 Å². The fraction of sp³-hybridized carbons (Fsp3) is 0.167. The van der Waals surface area contributed by atoms with Gasteiger partial charge in [-0.3, -0.25) is 0 Å². The Balaban J connectivity index is 2.33. The van der Waals surface area contributed by atoms with E-state index in [2.05, 4.69) is 9.97 Å². The molecule has 0 spiro atoms. The van der Waals surface area contributed by atoms with Gasteiger partial charge in [-0.15, -0.1) is 0 Å². The fourth-order valence-corrected chi connectivity index (χ4v) is 1.36. The molecule has 1 heterocycles. The van der Waals surface area contributed by atoms with Crippen LogP contribution in [0, 0.1) is 0 Å². The molecule has 0 radical (unpaired) electrons. The average Bonchev–Trinajstić information content (AvgIpc) is 2.30. The summed E-state index contributed by atoms with van der Waals surface area (Å²) in [6.07, 6.45) is 4.55. The first kappa shape index (κ1) is 9.65. The van der Waals surface area contributed by atoms with Crippen LogP contribution in [0.15, 0.2) is 36.7 Å². The van der Waals surface area contributed by atoms with Crippen molar-refractivity contribution < 1.29 is 0 Å². The molecule has 0 atom stereocenters. The van der Waals surface area contributed by atoms with Crippen LogP contribution in [0.25, 0.3) is 11.1 Å². The molecule has 3 nitrogen and oxygen atoms in total. The highest BCUT2D eigenvalue weighted by Crippen LogP contribution is 2.18. The van der Waals surface area contributed by atoms with E-state index >= 15 is 0 Å². The molecule has 76 valence electrons. The predicted molar refractivity (Wildman–Crippen MR) is 61.3 cm³/mol. The summed E-state index contributed by atoms with van der Waals surface area (Å²) in [6.45, 7) is 2.04. The van der Waals surface area contributed by atoms with E-state index in [1.165, 1.54) is 0 Å². The summed E-state index contributed by atoms with van der Waals surface area (Å²) < 4.78 is 0.